The summed E-state index contributed by atoms with van der Waals surface area (Å²) in [4.78, 5) is 9.61. The van der Waals surface area contributed by atoms with Gasteiger partial charge in [0.1, 0.15) is 5.01 Å². The van der Waals surface area contributed by atoms with Crippen LogP contribution in [0.15, 0.2) is 24.5 Å². The van der Waals surface area contributed by atoms with E-state index in [1.54, 1.807) is 23.7 Å². The second kappa shape index (κ2) is 8.45. The Kier molecular flexibility index (Phi) is 8.13. The number of aromatic nitrogens is 2. The average molecular weight is 322 g/mol. The van der Waals surface area contributed by atoms with Crippen LogP contribution in [0.5, 0.6) is 0 Å². The van der Waals surface area contributed by atoms with Gasteiger partial charge >= 0.3 is 0 Å². The number of hydrogen-bond donors (Lipinski definition) is 2. The van der Waals surface area contributed by atoms with E-state index in [9.17, 15) is 0 Å². The molecule has 0 bridgehead atoms. The molecule has 0 aliphatic carbocycles. The van der Waals surface area contributed by atoms with Crippen molar-refractivity contribution >= 4 is 36.2 Å². The largest absolute Gasteiger partial charge is 0.396 e. The molecule has 7 heteroatoms. The number of nitrogens with zero attached hydrogens (tertiary/aromatic N) is 2. The van der Waals surface area contributed by atoms with E-state index in [-0.39, 0.29) is 37.5 Å². The van der Waals surface area contributed by atoms with Gasteiger partial charge in [0, 0.05) is 30.3 Å². The van der Waals surface area contributed by atoms with Gasteiger partial charge in [0.15, 0.2) is 0 Å². The zero-order valence-corrected chi connectivity index (χ0v) is 12.9. The highest BCUT2D eigenvalue weighted by atomic mass is 35.5. The van der Waals surface area contributed by atoms with Crippen molar-refractivity contribution in [2.24, 2.45) is 5.73 Å². The maximum Gasteiger partial charge on any atom is 0.114 e. The maximum atomic E-state index is 8.95. The molecule has 19 heavy (non-hydrogen) atoms. The van der Waals surface area contributed by atoms with E-state index in [2.05, 4.69) is 9.97 Å². The molecule has 3 N–H and O–H groups in total. The van der Waals surface area contributed by atoms with E-state index >= 15 is 0 Å². The molecule has 1 unspecified atom stereocenters. The normalized spacial score (nSPS) is 11.3. The van der Waals surface area contributed by atoms with Crippen molar-refractivity contribution in [2.75, 3.05) is 6.61 Å². The maximum absolute atomic E-state index is 8.95. The molecule has 0 aromatic carbocycles. The summed E-state index contributed by atoms with van der Waals surface area (Å²) in [6.45, 7) is 2.09. The molecule has 2 aromatic rings. The number of aliphatic hydroxyl groups is 1. The van der Waals surface area contributed by atoms with E-state index in [1.807, 2.05) is 19.1 Å². The second-order valence-corrected chi connectivity index (χ2v) is 4.91. The van der Waals surface area contributed by atoms with Gasteiger partial charge in [-0.25, -0.2) is 4.98 Å². The Morgan fingerprint density at radius 3 is 2.74 bits per heavy atom. The molecule has 0 aliphatic heterocycles. The molecule has 4 nitrogen and oxygen atoms in total. The van der Waals surface area contributed by atoms with E-state index in [1.165, 1.54) is 0 Å². The quantitative estimate of drug-likeness (QED) is 0.906. The smallest absolute Gasteiger partial charge is 0.114 e. The lowest BCUT2D eigenvalue weighted by Crippen LogP contribution is -2.11. The third-order valence-electron chi connectivity index (χ3n) is 2.56. The van der Waals surface area contributed by atoms with Crippen molar-refractivity contribution in [3.05, 3.63) is 45.7 Å². The fraction of sp³-hybridized carbons (Fsp3) is 0.333. The number of nitrogens with two attached hydrogens (primary N) is 1. The molecular formula is C12H17Cl2N3OS. The van der Waals surface area contributed by atoms with E-state index in [4.69, 9.17) is 10.8 Å². The first-order valence-electron chi connectivity index (χ1n) is 5.45. The summed E-state index contributed by atoms with van der Waals surface area (Å²) in [6.07, 6.45) is 4.12. The summed E-state index contributed by atoms with van der Waals surface area (Å²) in [6, 6.07) is 3.57. The summed E-state index contributed by atoms with van der Waals surface area (Å²) in [7, 11) is 0. The van der Waals surface area contributed by atoms with Crippen molar-refractivity contribution in [1.29, 1.82) is 0 Å². The van der Waals surface area contributed by atoms with Crippen molar-refractivity contribution in [3.8, 4) is 0 Å². The molecule has 106 valence electrons. The van der Waals surface area contributed by atoms with Gasteiger partial charge in [-0.3, -0.25) is 4.98 Å². The van der Waals surface area contributed by atoms with E-state index in [0.29, 0.717) is 6.42 Å². The highest BCUT2D eigenvalue weighted by Crippen LogP contribution is 2.26. The van der Waals surface area contributed by atoms with Gasteiger partial charge < -0.3 is 10.8 Å². The number of halogens is 2. The molecule has 2 heterocycles. The molecule has 0 fully saturated rings. The van der Waals surface area contributed by atoms with Gasteiger partial charge in [-0.2, -0.15) is 0 Å². The van der Waals surface area contributed by atoms with Crippen molar-refractivity contribution in [1.82, 2.24) is 9.97 Å². The Bertz CT molecular complexity index is 493. The minimum Gasteiger partial charge on any atom is -0.396 e. The fourth-order valence-electron chi connectivity index (χ4n) is 1.62. The van der Waals surface area contributed by atoms with Crippen LogP contribution in [0.4, 0.5) is 0 Å². The molecule has 0 saturated heterocycles. The van der Waals surface area contributed by atoms with Gasteiger partial charge in [0.05, 0.1) is 11.7 Å². The molecule has 0 amide bonds. The summed E-state index contributed by atoms with van der Waals surface area (Å²) in [5.74, 6) is 0. The number of hydrogen-bond acceptors (Lipinski definition) is 5. The van der Waals surface area contributed by atoms with Crippen LogP contribution in [0, 0.1) is 6.92 Å². The summed E-state index contributed by atoms with van der Waals surface area (Å²) < 4.78 is 0. The summed E-state index contributed by atoms with van der Waals surface area (Å²) >= 11 is 1.56. The lowest BCUT2D eigenvalue weighted by Gasteiger charge is -2.07. The molecule has 2 rings (SSSR count). The third-order valence-corrected chi connectivity index (χ3v) is 3.86. The van der Waals surface area contributed by atoms with Crippen LogP contribution in [0.25, 0.3) is 0 Å². The first-order valence-corrected chi connectivity index (χ1v) is 6.26. The number of pyridine rings is 1. The lowest BCUT2D eigenvalue weighted by atomic mass is 10.1. The predicted octanol–water partition coefficient (Wildman–Crippen LogP) is 2.27. The number of thiazole rings is 1. The predicted molar refractivity (Wildman–Crippen MR) is 82.4 cm³/mol. The second-order valence-electron chi connectivity index (χ2n) is 3.80. The number of rotatable bonds is 4. The van der Waals surface area contributed by atoms with Crippen LogP contribution in [0.2, 0.25) is 0 Å². The zero-order chi connectivity index (χ0) is 12.3. The third kappa shape index (κ3) is 4.40. The van der Waals surface area contributed by atoms with Crippen LogP contribution >= 0.6 is 36.2 Å². The Labute approximate surface area is 128 Å². The molecule has 0 saturated carbocycles. The SMILES string of the molecule is Cc1nc(C(N)c2cccnc2)sc1CCO.Cl.Cl. The zero-order valence-electron chi connectivity index (χ0n) is 10.4. The first kappa shape index (κ1) is 18.3. The van der Waals surface area contributed by atoms with Crippen molar-refractivity contribution in [3.63, 3.8) is 0 Å². The molecule has 0 radical (unpaired) electrons. The van der Waals surface area contributed by atoms with Gasteiger partial charge in [-0.05, 0) is 18.6 Å². The van der Waals surface area contributed by atoms with E-state index in [0.717, 1.165) is 21.1 Å². The van der Waals surface area contributed by atoms with E-state index < -0.39 is 0 Å². The van der Waals surface area contributed by atoms with Crippen LogP contribution in [0.1, 0.15) is 27.2 Å². The average Bonchev–Trinajstić information content (AvgIpc) is 2.72. The molecule has 0 spiro atoms. The van der Waals surface area contributed by atoms with Gasteiger partial charge in [-0.15, -0.1) is 36.2 Å². The van der Waals surface area contributed by atoms with Crippen molar-refractivity contribution < 1.29 is 5.11 Å². The van der Waals surface area contributed by atoms with Crippen LogP contribution in [0.3, 0.4) is 0 Å². The minimum atomic E-state index is -0.236. The van der Waals surface area contributed by atoms with Crippen LogP contribution in [-0.2, 0) is 6.42 Å². The number of aryl methyl sites for hydroxylation is 1. The Morgan fingerprint density at radius 1 is 1.42 bits per heavy atom. The van der Waals surface area contributed by atoms with Crippen LogP contribution < -0.4 is 5.73 Å². The molecule has 2 aromatic heterocycles. The molecule has 0 aliphatic rings. The Morgan fingerprint density at radius 2 is 2.16 bits per heavy atom. The summed E-state index contributed by atoms with van der Waals surface area (Å²) in [5, 5.41) is 9.82. The van der Waals surface area contributed by atoms with Gasteiger partial charge in [-0.1, -0.05) is 6.07 Å². The van der Waals surface area contributed by atoms with Gasteiger partial charge in [0.25, 0.3) is 0 Å². The van der Waals surface area contributed by atoms with Crippen LogP contribution in [-0.4, -0.2) is 21.7 Å². The minimum absolute atomic E-state index is 0. The molecule has 1 atom stereocenters. The Hall–Kier alpha value is -0.720. The highest BCUT2D eigenvalue weighted by Gasteiger charge is 2.15. The standard InChI is InChI=1S/C12H15N3OS.2ClH/c1-8-10(4-6-16)17-12(15-8)11(13)9-3-2-5-14-7-9;;/h2-3,5,7,11,16H,4,6,13H2,1H3;2*1H. The first-order chi connectivity index (χ1) is 8.22. The fourth-order valence-corrected chi connectivity index (χ4v) is 2.70. The molecular weight excluding hydrogens is 305 g/mol. The topological polar surface area (TPSA) is 72.0 Å². The van der Waals surface area contributed by atoms with Gasteiger partial charge in [0.2, 0.25) is 0 Å². The lowest BCUT2D eigenvalue weighted by molar-refractivity contribution is 0.300. The highest BCUT2D eigenvalue weighted by molar-refractivity contribution is 7.11. The monoisotopic (exact) mass is 321 g/mol. The number of aliphatic hydroxyl groups excluding tert-OH is 1. The van der Waals surface area contributed by atoms with Crippen molar-refractivity contribution in [2.45, 2.75) is 19.4 Å². The Balaban J connectivity index is 0.00000162. The summed E-state index contributed by atoms with van der Waals surface area (Å²) in [5.41, 5.74) is 8.05.